The highest BCUT2D eigenvalue weighted by molar-refractivity contribution is 7.92. The number of anilines is 1. The number of tetrazole rings is 1. The van der Waals surface area contributed by atoms with E-state index in [2.05, 4.69) is 25.9 Å². The third-order valence-corrected chi connectivity index (χ3v) is 5.03. The van der Waals surface area contributed by atoms with Crippen LogP contribution in [0.2, 0.25) is 0 Å². The van der Waals surface area contributed by atoms with Gasteiger partial charge in [0.15, 0.2) is 9.84 Å². The Labute approximate surface area is 127 Å². The van der Waals surface area contributed by atoms with E-state index in [0.717, 1.165) is 0 Å². The van der Waals surface area contributed by atoms with Gasteiger partial charge < -0.3 is 5.32 Å². The second-order valence-corrected chi connectivity index (χ2v) is 7.18. The van der Waals surface area contributed by atoms with E-state index in [9.17, 15) is 8.42 Å². The fourth-order valence-corrected chi connectivity index (χ4v) is 2.72. The minimum absolute atomic E-state index is 0.154. The molecule has 0 atom stereocenters. The van der Waals surface area contributed by atoms with Crippen LogP contribution in [0.5, 0.6) is 0 Å². The maximum atomic E-state index is 12.1. The highest BCUT2D eigenvalue weighted by Gasteiger charge is 2.19. The van der Waals surface area contributed by atoms with Crippen LogP contribution in [0.3, 0.4) is 0 Å². The fourth-order valence-electron chi connectivity index (χ4n) is 1.61. The summed E-state index contributed by atoms with van der Waals surface area (Å²) in [5.41, 5.74) is 0.712. The van der Waals surface area contributed by atoms with Gasteiger partial charge in [-0.15, -0.1) is 10.2 Å². The first-order valence-corrected chi connectivity index (χ1v) is 7.94. The van der Waals surface area contributed by atoms with E-state index in [1.54, 1.807) is 26.0 Å². The zero-order chi connectivity index (χ0) is 16.2. The van der Waals surface area contributed by atoms with Gasteiger partial charge in [-0.25, -0.2) is 8.42 Å². The third-order valence-electron chi connectivity index (χ3n) is 2.87. The number of nitrogens with one attached hydrogen (secondary N) is 2. The van der Waals surface area contributed by atoms with E-state index in [4.69, 9.17) is 5.26 Å². The lowest BCUT2D eigenvalue weighted by Gasteiger charge is -2.09. The van der Waals surface area contributed by atoms with E-state index in [1.165, 1.54) is 18.3 Å². The average Bonchev–Trinajstić information content (AvgIpc) is 3.02. The largest absolute Gasteiger partial charge is 0.360 e. The predicted octanol–water partition coefficient (Wildman–Crippen LogP) is 1.36. The van der Waals surface area contributed by atoms with Gasteiger partial charge in [-0.05, 0) is 37.3 Å². The molecule has 0 aliphatic carbocycles. The summed E-state index contributed by atoms with van der Waals surface area (Å²) >= 11 is 0. The molecule has 0 unspecified atom stereocenters. The summed E-state index contributed by atoms with van der Waals surface area (Å²) in [5.74, 6) is 0.154. The van der Waals surface area contributed by atoms with Crippen molar-refractivity contribution >= 4 is 21.1 Å². The lowest BCUT2D eigenvalue weighted by Crippen LogP contribution is -2.14. The van der Waals surface area contributed by atoms with Gasteiger partial charge in [-0.3, -0.25) is 0 Å². The molecule has 2 rings (SSSR count). The number of allylic oxidation sites excluding steroid dienone is 1. The van der Waals surface area contributed by atoms with Crippen molar-refractivity contribution in [3.8, 4) is 6.07 Å². The molecule has 9 heteroatoms. The maximum Gasteiger partial charge on any atom is 0.216 e. The van der Waals surface area contributed by atoms with E-state index >= 15 is 0 Å². The van der Waals surface area contributed by atoms with Crippen molar-refractivity contribution in [1.29, 1.82) is 5.26 Å². The molecule has 0 saturated heterocycles. The van der Waals surface area contributed by atoms with Crippen LogP contribution in [0.15, 0.2) is 35.4 Å². The molecule has 1 aromatic heterocycles. The van der Waals surface area contributed by atoms with Gasteiger partial charge in [0.2, 0.25) is 5.82 Å². The Morgan fingerprint density at radius 1 is 1.45 bits per heavy atom. The summed E-state index contributed by atoms with van der Waals surface area (Å²) in [5, 5.41) is 24.5. The van der Waals surface area contributed by atoms with Crippen LogP contribution in [0, 0.1) is 11.3 Å². The zero-order valence-corrected chi connectivity index (χ0v) is 12.8. The Kier molecular flexibility index (Phi) is 4.53. The van der Waals surface area contributed by atoms with Gasteiger partial charge in [-0.2, -0.15) is 10.5 Å². The van der Waals surface area contributed by atoms with Crippen LogP contribution in [0.25, 0.3) is 5.57 Å². The van der Waals surface area contributed by atoms with Crippen molar-refractivity contribution in [2.24, 2.45) is 0 Å². The minimum atomic E-state index is -3.35. The number of benzene rings is 1. The molecule has 0 fully saturated rings. The van der Waals surface area contributed by atoms with Crippen molar-refractivity contribution in [2.45, 2.75) is 24.0 Å². The molecule has 2 aromatic rings. The van der Waals surface area contributed by atoms with Crippen LogP contribution in [-0.2, 0) is 9.84 Å². The third kappa shape index (κ3) is 3.29. The molecule has 22 heavy (non-hydrogen) atoms. The summed E-state index contributed by atoms with van der Waals surface area (Å²) in [7, 11) is -3.35. The van der Waals surface area contributed by atoms with Crippen molar-refractivity contribution in [3.05, 3.63) is 36.3 Å². The van der Waals surface area contributed by atoms with E-state index in [-0.39, 0.29) is 16.3 Å². The quantitative estimate of drug-likeness (QED) is 0.797. The molecule has 2 N–H and O–H groups in total. The van der Waals surface area contributed by atoms with Crippen molar-refractivity contribution in [2.75, 3.05) is 5.32 Å². The number of nitriles is 1. The predicted molar refractivity (Wildman–Crippen MR) is 80.2 cm³/mol. The second kappa shape index (κ2) is 6.36. The molecule has 0 aliphatic heterocycles. The number of rotatable bonds is 5. The number of sulfone groups is 1. The molecule has 0 aliphatic rings. The highest BCUT2D eigenvalue weighted by atomic mass is 32.2. The number of hydrogen-bond acceptors (Lipinski definition) is 7. The van der Waals surface area contributed by atoms with E-state index in [1.807, 2.05) is 6.07 Å². The number of nitrogens with zero attached hydrogens (tertiary/aromatic N) is 4. The van der Waals surface area contributed by atoms with Crippen LogP contribution in [0.1, 0.15) is 19.7 Å². The summed E-state index contributed by atoms with van der Waals surface area (Å²) in [6.07, 6.45) is 1.39. The summed E-state index contributed by atoms with van der Waals surface area (Å²) < 4.78 is 24.3. The number of aromatic amines is 1. The molecule has 0 amide bonds. The summed E-state index contributed by atoms with van der Waals surface area (Å²) in [6.45, 7) is 3.25. The number of H-pyrrole nitrogens is 1. The van der Waals surface area contributed by atoms with Gasteiger partial charge in [0, 0.05) is 11.9 Å². The Balaban J connectivity index is 2.27. The van der Waals surface area contributed by atoms with Crippen LogP contribution in [0.4, 0.5) is 5.69 Å². The summed E-state index contributed by atoms with van der Waals surface area (Å²) in [4.78, 5) is 0.221. The zero-order valence-electron chi connectivity index (χ0n) is 12.0. The molecule has 1 aromatic carbocycles. The van der Waals surface area contributed by atoms with Gasteiger partial charge in [-0.1, -0.05) is 6.07 Å². The smallest absolute Gasteiger partial charge is 0.216 e. The Bertz CT molecular complexity index is 818. The standard InChI is InChI=1S/C13H14N6O2S/c1-9(2)22(20,21)12-5-3-4-11(6-12)15-8-10(7-14)13-16-18-19-17-13/h3-6,8-9,15H,1-2H3,(H,16,17,18,19). The van der Waals surface area contributed by atoms with Gasteiger partial charge in [0.25, 0.3) is 0 Å². The van der Waals surface area contributed by atoms with Crippen molar-refractivity contribution in [3.63, 3.8) is 0 Å². The summed E-state index contributed by atoms with van der Waals surface area (Å²) in [6, 6.07) is 8.31. The first-order valence-electron chi connectivity index (χ1n) is 6.39. The first kappa shape index (κ1) is 15.7. The minimum Gasteiger partial charge on any atom is -0.360 e. The molecule has 0 radical (unpaired) electrons. The molecule has 114 valence electrons. The molecule has 0 spiro atoms. The Morgan fingerprint density at radius 2 is 2.23 bits per heavy atom. The van der Waals surface area contributed by atoms with Crippen molar-refractivity contribution < 1.29 is 8.42 Å². The van der Waals surface area contributed by atoms with Gasteiger partial charge in [0.05, 0.1) is 10.1 Å². The fraction of sp³-hybridized carbons (Fsp3) is 0.231. The van der Waals surface area contributed by atoms with Gasteiger partial charge >= 0.3 is 0 Å². The topological polar surface area (TPSA) is 124 Å². The van der Waals surface area contributed by atoms with Gasteiger partial charge in [0.1, 0.15) is 11.6 Å². The highest BCUT2D eigenvalue weighted by Crippen LogP contribution is 2.20. The van der Waals surface area contributed by atoms with Crippen LogP contribution in [-0.4, -0.2) is 34.3 Å². The first-order chi connectivity index (χ1) is 10.4. The monoisotopic (exact) mass is 318 g/mol. The SMILES string of the molecule is CC(C)S(=O)(=O)c1cccc(NC=C(C#N)c2nn[nH]n2)c1. The van der Waals surface area contributed by atoms with E-state index in [0.29, 0.717) is 5.69 Å². The lowest BCUT2D eigenvalue weighted by atomic mass is 10.3. The van der Waals surface area contributed by atoms with Crippen LogP contribution >= 0.6 is 0 Å². The molecular weight excluding hydrogens is 304 g/mol. The lowest BCUT2D eigenvalue weighted by molar-refractivity contribution is 0.587. The molecular formula is C13H14N6O2S. The molecule has 8 nitrogen and oxygen atoms in total. The number of aromatic nitrogens is 4. The molecule has 1 heterocycles. The Hall–Kier alpha value is -2.73. The maximum absolute atomic E-state index is 12.1. The molecule has 0 saturated carbocycles. The molecule has 0 bridgehead atoms. The van der Waals surface area contributed by atoms with Crippen LogP contribution < -0.4 is 5.32 Å². The normalized spacial score (nSPS) is 12.2. The van der Waals surface area contributed by atoms with Crippen molar-refractivity contribution in [1.82, 2.24) is 20.6 Å². The number of hydrogen-bond donors (Lipinski definition) is 2. The Morgan fingerprint density at radius 3 is 2.82 bits per heavy atom. The van der Waals surface area contributed by atoms with E-state index < -0.39 is 15.1 Å². The average molecular weight is 318 g/mol. The second-order valence-electron chi connectivity index (χ2n) is 4.67.